The third-order valence-corrected chi connectivity index (χ3v) is 5.12. The van der Waals surface area contributed by atoms with Crippen LogP contribution in [-0.4, -0.2) is 20.5 Å². The standard InChI is InChI=1S/C15H18N2O2S/c1-10-12(7-4-8-13(10)18)15-16-14(17-19-15)9-20-11-5-2-3-6-11/h4,7-8,11,18H,2-3,5-6,9H2,1H3. The minimum absolute atomic E-state index is 0.252. The molecule has 0 unspecified atom stereocenters. The van der Waals surface area contributed by atoms with Gasteiger partial charge in [0.25, 0.3) is 5.89 Å². The first-order chi connectivity index (χ1) is 9.74. The Morgan fingerprint density at radius 3 is 2.95 bits per heavy atom. The van der Waals surface area contributed by atoms with Crippen LogP contribution in [-0.2, 0) is 5.75 Å². The first kappa shape index (κ1) is 13.5. The summed E-state index contributed by atoms with van der Waals surface area (Å²) < 4.78 is 5.32. The second-order valence-electron chi connectivity index (χ2n) is 5.18. The summed E-state index contributed by atoms with van der Waals surface area (Å²) in [6.07, 6.45) is 5.30. The van der Waals surface area contributed by atoms with Gasteiger partial charge in [0, 0.05) is 16.4 Å². The van der Waals surface area contributed by atoms with E-state index in [1.165, 1.54) is 25.7 Å². The van der Waals surface area contributed by atoms with Gasteiger partial charge in [-0.2, -0.15) is 16.7 Å². The second-order valence-corrected chi connectivity index (χ2v) is 6.47. The summed E-state index contributed by atoms with van der Waals surface area (Å²) in [7, 11) is 0. The van der Waals surface area contributed by atoms with Gasteiger partial charge in [0.05, 0.1) is 5.75 Å². The van der Waals surface area contributed by atoms with Gasteiger partial charge in [-0.25, -0.2) is 0 Å². The van der Waals surface area contributed by atoms with E-state index in [4.69, 9.17) is 4.52 Å². The van der Waals surface area contributed by atoms with Gasteiger partial charge in [0.2, 0.25) is 0 Å². The van der Waals surface area contributed by atoms with Crippen molar-refractivity contribution in [3.63, 3.8) is 0 Å². The minimum Gasteiger partial charge on any atom is -0.508 e. The summed E-state index contributed by atoms with van der Waals surface area (Å²) in [5.74, 6) is 2.27. The van der Waals surface area contributed by atoms with E-state index in [-0.39, 0.29) is 5.75 Å². The van der Waals surface area contributed by atoms with Gasteiger partial charge in [-0.15, -0.1) is 0 Å². The van der Waals surface area contributed by atoms with Crippen molar-refractivity contribution in [2.45, 2.75) is 43.6 Å². The zero-order valence-electron chi connectivity index (χ0n) is 11.5. The highest BCUT2D eigenvalue weighted by atomic mass is 32.2. The molecule has 0 saturated heterocycles. The van der Waals surface area contributed by atoms with E-state index in [2.05, 4.69) is 10.1 Å². The van der Waals surface area contributed by atoms with E-state index in [9.17, 15) is 5.11 Å². The number of phenols is 1. The Bertz CT molecular complexity index is 591. The Hall–Kier alpha value is -1.49. The topological polar surface area (TPSA) is 59.2 Å². The van der Waals surface area contributed by atoms with E-state index < -0.39 is 0 Å². The number of hydrogen-bond acceptors (Lipinski definition) is 5. The largest absolute Gasteiger partial charge is 0.508 e. The molecule has 0 spiro atoms. The molecule has 106 valence electrons. The zero-order chi connectivity index (χ0) is 13.9. The molecule has 0 bridgehead atoms. The average molecular weight is 290 g/mol. The number of hydrogen-bond donors (Lipinski definition) is 1. The number of rotatable bonds is 4. The van der Waals surface area contributed by atoms with Crippen molar-refractivity contribution in [1.82, 2.24) is 10.1 Å². The maximum atomic E-state index is 9.72. The summed E-state index contributed by atoms with van der Waals surface area (Å²) in [6, 6.07) is 5.33. The molecule has 0 atom stereocenters. The Morgan fingerprint density at radius 2 is 2.15 bits per heavy atom. The van der Waals surface area contributed by atoms with Gasteiger partial charge < -0.3 is 9.63 Å². The van der Waals surface area contributed by atoms with E-state index in [0.29, 0.717) is 5.89 Å². The molecule has 0 amide bonds. The van der Waals surface area contributed by atoms with Gasteiger partial charge in [0.1, 0.15) is 5.75 Å². The van der Waals surface area contributed by atoms with Gasteiger partial charge in [0.15, 0.2) is 5.82 Å². The van der Waals surface area contributed by atoms with E-state index >= 15 is 0 Å². The average Bonchev–Trinajstić information content (AvgIpc) is 3.10. The molecule has 1 aliphatic carbocycles. The fourth-order valence-corrected chi connectivity index (χ4v) is 3.69. The van der Waals surface area contributed by atoms with Crippen molar-refractivity contribution >= 4 is 11.8 Å². The van der Waals surface area contributed by atoms with Crippen molar-refractivity contribution in [3.05, 3.63) is 29.6 Å². The van der Waals surface area contributed by atoms with Crippen molar-refractivity contribution in [3.8, 4) is 17.2 Å². The lowest BCUT2D eigenvalue weighted by Gasteiger charge is -2.05. The lowest BCUT2D eigenvalue weighted by Crippen LogP contribution is -1.95. The van der Waals surface area contributed by atoms with Crippen molar-refractivity contribution in [2.24, 2.45) is 0 Å². The highest BCUT2D eigenvalue weighted by molar-refractivity contribution is 7.99. The third kappa shape index (κ3) is 2.82. The first-order valence-corrected chi connectivity index (χ1v) is 8.02. The lowest BCUT2D eigenvalue weighted by atomic mass is 10.1. The molecule has 1 aromatic carbocycles. The number of thioether (sulfide) groups is 1. The zero-order valence-corrected chi connectivity index (χ0v) is 12.3. The Balaban J connectivity index is 1.71. The first-order valence-electron chi connectivity index (χ1n) is 6.97. The molecular formula is C15H18N2O2S. The van der Waals surface area contributed by atoms with Gasteiger partial charge >= 0.3 is 0 Å². The summed E-state index contributed by atoms with van der Waals surface area (Å²) in [5, 5.41) is 14.5. The second kappa shape index (κ2) is 5.87. The van der Waals surface area contributed by atoms with Gasteiger partial charge in [-0.3, -0.25) is 0 Å². The van der Waals surface area contributed by atoms with Crippen LogP contribution in [0.4, 0.5) is 0 Å². The monoisotopic (exact) mass is 290 g/mol. The van der Waals surface area contributed by atoms with Crippen LogP contribution in [0.5, 0.6) is 5.75 Å². The molecule has 1 fully saturated rings. The fraction of sp³-hybridized carbons (Fsp3) is 0.467. The molecule has 1 saturated carbocycles. The van der Waals surface area contributed by atoms with Crippen LogP contribution in [0.3, 0.4) is 0 Å². The lowest BCUT2D eigenvalue weighted by molar-refractivity contribution is 0.424. The molecule has 20 heavy (non-hydrogen) atoms. The van der Waals surface area contributed by atoms with Gasteiger partial charge in [-0.05, 0) is 31.9 Å². The summed E-state index contributed by atoms with van der Waals surface area (Å²) in [4.78, 5) is 4.43. The summed E-state index contributed by atoms with van der Waals surface area (Å²) in [6.45, 7) is 1.85. The number of benzene rings is 1. The number of nitrogens with zero attached hydrogens (tertiary/aromatic N) is 2. The predicted molar refractivity (Wildman–Crippen MR) is 79.7 cm³/mol. The SMILES string of the molecule is Cc1c(O)cccc1-c1nc(CSC2CCCC2)no1. The molecule has 1 aliphatic rings. The summed E-state index contributed by atoms with van der Waals surface area (Å²) in [5.41, 5.74) is 1.57. The van der Waals surface area contributed by atoms with Crippen LogP contribution in [0.1, 0.15) is 37.1 Å². The van der Waals surface area contributed by atoms with Crippen LogP contribution < -0.4 is 0 Å². The van der Waals surface area contributed by atoms with Crippen LogP contribution in [0.15, 0.2) is 22.7 Å². The maximum Gasteiger partial charge on any atom is 0.258 e. The molecule has 4 nitrogen and oxygen atoms in total. The Labute approximate surface area is 122 Å². The molecule has 3 rings (SSSR count). The third-order valence-electron chi connectivity index (χ3n) is 3.75. The van der Waals surface area contributed by atoms with E-state index in [1.807, 2.05) is 24.8 Å². The van der Waals surface area contributed by atoms with Gasteiger partial charge in [-0.1, -0.05) is 24.1 Å². The van der Waals surface area contributed by atoms with Crippen molar-refractivity contribution in [1.29, 1.82) is 0 Å². The number of aromatic hydroxyl groups is 1. The molecule has 2 aromatic rings. The van der Waals surface area contributed by atoms with Crippen LogP contribution in [0.2, 0.25) is 0 Å². The fourth-order valence-electron chi connectivity index (χ4n) is 2.52. The molecule has 1 heterocycles. The molecule has 0 radical (unpaired) electrons. The Morgan fingerprint density at radius 1 is 1.35 bits per heavy atom. The minimum atomic E-state index is 0.252. The van der Waals surface area contributed by atoms with Crippen LogP contribution in [0.25, 0.3) is 11.5 Å². The molecule has 5 heteroatoms. The predicted octanol–water partition coefficient (Wildman–Crippen LogP) is 3.93. The van der Waals surface area contributed by atoms with Crippen molar-refractivity contribution < 1.29 is 9.63 Å². The highest BCUT2D eigenvalue weighted by Gasteiger charge is 2.17. The molecule has 1 N–H and O–H groups in total. The summed E-state index contributed by atoms with van der Waals surface area (Å²) >= 11 is 1.92. The molecular weight excluding hydrogens is 272 g/mol. The van der Waals surface area contributed by atoms with E-state index in [0.717, 1.165) is 28.0 Å². The van der Waals surface area contributed by atoms with Crippen molar-refractivity contribution in [2.75, 3.05) is 0 Å². The highest BCUT2D eigenvalue weighted by Crippen LogP contribution is 2.32. The Kier molecular flexibility index (Phi) is 3.96. The smallest absolute Gasteiger partial charge is 0.258 e. The van der Waals surface area contributed by atoms with Crippen LogP contribution >= 0.6 is 11.8 Å². The molecule has 1 aromatic heterocycles. The normalized spacial score (nSPS) is 15.8. The maximum absolute atomic E-state index is 9.72. The quantitative estimate of drug-likeness (QED) is 0.924. The number of phenolic OH excluding ortho intramolecular Hbond substituents is 1. The van der Waals surface area contributed by atoms with E-state index in [1.54, 1.807) is 12.1 Å². The molecule has 0 aliphatic heterocycles. The van der Waals surface area contributed by atoms with Crippen LogP contribution in [0, 0.1) is 6.92 Å². The number of aromatic nitrogens is 2.